The van der Waals surface area contributed by atoms with Gasteiger partial charge in [-0.3, -0.25) is 0 Å². The maximum atomic E-state index is 13.3. The van der Waals surface area contributed by atoms with Crippen LogP contribution in [-0.4, -0.2) is 6.17 Å². The Kier molecular flexibility index (Phi) is 1.17. The fraction of sp³-hybridized carbons (Fsp3) is 1.00. The summed E-state index contributed by atoms with van der Waals surface area (Å²) in [6.45, 7) is 0. The van der Waals surface area contributed by atoms with Crippen LogP contribution in [0.5, 0.6) is 0 Å². The Morgan fingerprint density at radius 1 is 0.909 bits per heavy atom. The molecule has 0 spiro atoms. The van der Waals surface area contributed by atoms with Crippen molar-refractivity contribution in [2.75, 3.05) is 0 Å². The molecule has 0 N–H and O–H groups in total. The topological polar surface area (TPSA) is 0 Å². The second-order valence-electron chi connectivity index (χ2n) is 4.67. The van der Waals surface area contributed by atoms with Gasteiger partial charge in [-0.2, -0.15) is 0 Å². The molecule has 0 heterocycles. The van der Waals surface area contributed by atoms with Gasteiger partial charge >= 0.3 is 0 Å². The second-order valence-corrected chi connectivity index (χ2v) is 4.67. The van der Waals surface area contributed by atoms with Crippen molar-refractivity contribution in [2.24, 2.45) is 23.7 Å². The van der Waals surface area contributed by atoms with Gasteiger partial charge in [0.1, 0.15) is 6.17 Å². The first-order valence-electron chi connectivity index (χ1n) is 5.00. The molecule has 3 rings (SSSR count). The van der Waals surface area contributed by atoms with Crippen molar-refractivity contribution >= 4 is 0 Å². The number of hydrogen-bond donors (Lipinski definition) is 0. The summed E-state index contributed by atoms with van der Waals surface area (Å²) in [5, 5.41) is 0. The molecule has 0 radical (unpaired) electrons. The second kappa shape index (κ2) is 1.99. The van der Waals surface area contributed by atoms with E-state index in [0.717, 1.165) is 24.2 Å². The first kappa shape index (κ1) is 6.45. The highest BCUT2D eigenvalue weighted by Crippen LogP contribution is 2.59. The van der Waals surface area contributed by atoms with Gasteiger partial charge in [-0.15, -0.1) is 0 Å². The van der Waals surface area contributed by atoms with E-state index in [1.807, 2.05) is 0 Å². The van der Waals surface area contributed by atoms with Gasteiger partial charge in [-0.1, -0.05) is 0 Å². The molecule has 0 aromatic carbocycles. The maximum absolute atomic E-state index is 13.3. The van der Waals surface area contributed by atoms with Crippen LogP contribution in [0.1, 0.15) is 32.1 Å². The Balaban J connectivity index is 1.91. The number of fused-ring (bicyclic) bond motifs is 5. The van der Waals surface area contributed by atoms with Crippen molar-refractivity contribution in [3.05, 3.63) is 0 Å². The Bertz CT molecular complexity index is 178. The third-order valence-electron chi connectivity index (χ3n) is 4.35. The van der Waals surface area contributed by atoms with Crippen molar-refractivity contribution in [2.45, 2.75) is 38.3 Å². The third kappa shape index (κ3) is 0.697. The summed E-state index contributed by atoms with van der Waals surface area (Å²) in [4.78, 5) is 0. The van der Waals surface area contributed by atoms with Crippen LogP contribution < -0.4 is 0 Å². The standard InChI is InChI=1S/C10H15F/c11-9-4-3-8-6-1-2-7(5-6)10(8)9/h6-10H,1-5H2. The van der Waals surface area contributed by atoms with E-state index < -0.39 is 6.17 Å². The molecule has 5 atom stereocenters. The van der Waals surface area contributed by atoms with Gasteiger partial charge in [0.05, 0.1) is 0 Å². The maximum Gasteiger partial charge on any atom is 0.103 e. The average molecular weight is 154 g/mol. The lowest BCUT2D eigenvalue weighted by molar-refractivity contribution is 0.168. The van der Waals surface area contributed by atoms with Crippen LogP contribution in [0.4, 0.5) is 4.39 Å². The highest BCUT2D eigenvalue weighted by atomic mass is 19.1. The van der Waals surface area contributed by atoms with Gasteiger partial charge in [0.2, 0.25) is 0 Å². The lowest BCUT2D eigenvalue weighted by Crippen LogP contribution is -2.22. The van der Waals surface area contributed by atoms with E-state index in [2.05, 4.69) is 0 Å². The van der Waals surface area contributed by atoms with E-state index in [4.69, 9.17) is 0 Å². The summed E-state index contributed by atoms with van der Waals surface area (Å²) in [6.07, 6.45) is 5.78. The van der Waals surface area contributed by atoms with Crippen LogP contribution in [-0.2, 0) is 0 Å². The number of rotatable bonds is 0. The minimum absolute atomic E-state index is 0.421. The van der Waals surface area contributed by atoms with Crippen molar-refractivity contribution in [3.8, 4) is 0 Å². The zero-order valence-corrected chi connectivity index (χ0v) is 6.80. The molecule has 3 aliphatic rings. The zero-order valence-electron chi connectivity index (χ0n) is 6.80. The molecule has 0 aliphatic heterocycles. The molecule has 0 amide bonds. The molecule has 3 aliphatic carbocycles. The smallest absolute Gasteiger partial charge is 0.103 e. The van der Waals surface area contributed by atoms with E-state index in [-0.39, 0.29) is 0 Å². The highest BCUT2D eigenvalue weighted by molar-refractivity contribution is 5.02. The Morgan fingerprint density at radius 3 is 2.55 bits per heavy atom. The predicted molar refractivity (Wildman–Crippen MR) is 41.9 cm³/mol. The number of hydrogen-bond acceptors (Lipinski definition) is 0. The van der Waals surface area contributed by atoms with E-state index in [9.17, 15) is 4.39 Å². The van der Waals surface area contributed by atoms with Crippen LogP contribution in [0.2, 0.25) is 0 Å². The van der Waals surface area contributed by atoms with Crippen LogP contribution in [0.3, 0.4) is 0 Å². The summed E-state index contributed by atoms with van der Waals surface area (Å²) in [7, 11) is 0. The molecular weight excluding hydrogens is 139 g/mol. The largest absolute Gasteiger partial charge is 0.247 e. The SMILES string of the molecule is FC1CCC2C3CCC(C3)C12. The molecule has 0 saturated heterocycles. The summed E-state index contributed by atoms with van der Waals surface area (Å²) in [6, 6.07) is 0. The quantitative estimate of drug-likeness (QED) is 0.503. The van der Waals surface area contributed by atoms with Crippen molar-refractivity contribution in [1.29, 1.82) is 0 Å². The molecule has 62 valence electrons. The van der Waals surface area contributed by atoms with E-state index >= 15 is 0 Å². The lowest BCUT2D eigenvalue weighted by Gasteiger charge is -2.25. The molecule has 1 heteroatoms. The van der Waals surface area contributed by atoms with E-state index in [1.54, 1.807) is 0 Å². The minimum atomic E-state index is -0.421. The molecule has 2 bridgehead atoms. The third-order valence-corrected chi connectivity index (χ3v) is 4.35. The van der Waals surface area contributed by atoms with Crippen LogP contribution >= 0.6 is 0 Å². The van der Waals surface area contributed by atoms with Crippen LogP contribution in [0, 0.1) is 23.7 Å². The highest BCUT2D eigenvalue weighted by Gasteiger charge is 2.53. The zero-order chi connectivity index (χ0) is 7.42. The van der Waals surface area contributed by atoms with Gasteiger partial charge < -0.3 is 0 Å². The van der Waals surface area contributed by atoms with Crippen LogP contribution in [0.15, 0.2) is 0 Å². The monoisotopic (exact) mass is 154 g/mol. The molecule has 11 heavy (non-hydrogen) atoms. The molecule has 0 aromatic rings. The minimum Gasteiger partial charge on any atom is -0.247 e. The van der Waals surface area contributed by atoms with E-state index in [1.165, 1.54) is 25.7 Å². The molecule has 5 unspecified atom stereocenters. The van der Waals surface area contributed by atoms with Gasteiger partial charge in [0.25, 0.3) is 0 Å². The summed E-state index contributed by atoms with van der Waals surface area (Å²) in [5.74, 6) is 3.05. The first-order chi connectivity index (χ1) is 5.36. The van der Waals surface area contributed by atoms with Gasteiger partial charge in [-0.05, 0) is 55.8 Å². The molecule has 0 nitrogen and oxygen atoms in total. The first-order valence-corrected chi connectivity index (χ1v) is 5.00. The molecule has 3 fully saturated rings. The Labute approximate surface area is 67.2 Å². The fourth-order valence-electron chi connectivity index (χ4n) is 3.99. The van der Waals surface area contributed by atoms with Crippen molar-refractivity contribution < 1.29 is 4.39 Å². The van der Waals surface area contributed by atoms with Crippen molar-refractivity contribution in [1.82, 2.24) is 0 Å². The fourth-order valence-corrected chi connectivity index (χ4v) is 3.99. The van der Waals surface area contributed by atoms with Crippen LogP contribution in [0.25, 0.3) is 0 Å². The Morgan fingerprint density at radius 2 is 1.73 bits per heavy atom. The van der Waals surface area contributed by atoms with Crippen molar-refractivity contribution in [3.63, 3.8) is 0 Å². The number of alkyl halides is 1. The van der Waals surface area contributed by atoms with E-state index in [0.29, 0.717) is 5.92 Å². The summed E-state index contributed by atoms with van der Waals surface area (Å²) < 4.78 is 13.3. The molecule has 0 aromatic heterocycles. The predicted octanol–water partition coefficient (Wildman–Crippen LogP) is 2.78. The molecule has 3 saturated carbocycles. The van der Waals surface area contributed by atoms with Gasteiger partial charge in [0.15, 0.2) is 0 Å². The van der Waals surface area contributed by atoms with Gasteiger partial charge in [-0.25, -0.2) is 4.39 Å². The Hall–Kier alpha value is -0.0700. The summed E-state index contributed by atoms with van der Waals surface area (Å²) >= 11 is 0. The average Bonchev–Trinajstić information content (AvgIpc) is 2.60. The van der Waals surface area contributed by atoms with Gasteiger partial charge in [0, 0.05) is 0 Å². The molecular formula is C10H15F. The number of halogens is 1. The summed E-state index contributed by atoms with van der Waals surface area (Å²) in [5.41, 5.74) is 0. The lowest BCUT2D eigenvalue weighted by atomic mass is 9.81. The normalized spacial score (nSPS) is 60.3.